The second-order valence-electron chi connectivity index (χ2n) is 13.5. The van der Waals surface area contributed by atoms with Crippen molar-refractivity contribution in [2.24, 2.45) is 10.8 Å². The van der Waals surface area contributed by atoms with Crippen LogP contribution >= 0.6 is 0 Å². The summed E-state index contributed by atoms with van der Waals surface area (Å²) < 4.78 is 0. The molecule has 0 bridgehead atoms. The van der Waals surface area contributed by atoms with Crippen molar-refractivity contribution in [3.8, 4) is 0 Å². The third-order valence-corrected chi connectivity index (χ3v) is 8.26. The number of ketones is 2. The van der Waals surface area contributed by atoms with E-state index in [9.17, 15) is 19.8 Å². The van der Waals surface area contributed by atoms with Crippen LogP contribution in [-0.2, 0) is 9.59 Å². The molecular formula is C40H52O4. The summed E-state index contributed by atoms with van der Waals surface area (Å²) in [5.41, 5.74) is 7.37. The molecule has 2 rings (SSSR count). The van der Waals surface area contributed by atoms with E-state index < -0.39 is 12.2 Å². The van der Waals surface area contributed by atoms with E-state index in [1.807, 2.05) is 116 Å². The molecule has 0 aliphatic heterocycles. The Morgan fingerprint density at radius 3 is 1.20 bits per heavy atom. The van der Waals surface area contributed by atoms with Crippen LogP contribution in [0.15, 0.2) is 130 Å². The predicted molar refractivity (Wildman–Crippen MR) is 185 cm³/mol. The highest BCUT2D eigenvalue weighted by molar-refractivity contribution is 5.89. The van der Waals surface area contributed by atoms with Crippen LogP contribution in [0.2, 0.25) is 0 Å². The maximum absolute atomic E-state index is 12.0. The van der Waals surface area contributed by atoms with Crippen molar-refractivity contribution >= 4 is 11.6 Å². The molecule has 4 nitrogen and oxygen atoms in total. The highest BCUT2D eigenvalue weighted by Gasteiger charge is 2.37. The zero-order chi connectivity index (χ0) is 33.2. The van der Waals surface area contributed by atoms with Gasteiger partial charge in [-0.15, -0.1) is 0 Å². The second kappa shape index (κ2) is 15.9. The van der Waals surface area contributed by atoms with Gasteiger partial charge in [0.25, 0.3) is 0 Å². The first kappa shape index (κ1) is 36.6. The number of carbonyl (C=O) groups excluding carboxylic acids is 2. The SMILES string of the molecule is CC1=C(/C=C/C(C)=C/C=C/C(C)=C\C=C\C=C(C)/C=C/C=C(C)/C=C/C2=C(C)C(O)C(=O)CC2(C)C)C(C)(C)CC(=O)C1O. The van der Waals surface area contributed by atoms with Crippen LogP contribution in [0.3, 0.4) is 0 Å². The van der Waals surface area contributed by atoms with E-state index in [-0.39, 0.29) is 22.4 Å². The van der Waals surface area contributed by atoms with Gasteiger partial charge in [-0.05, 0) is 74.7 Å². The number of Topliss-reactive ketones (excluding diaryl/α,β-unsaturated/α-hetero) is 2. The predicted octanol–water partition coefficient (Wildman–Crippen LogP) is 8.91. The van der Waals surface area contributed by atoms with Crippen LogP contribution in [0.4, 0.5) is 0 Å². The molecule has 2 N–H and O–H groups in total. The second-order valence-corrected chi connectivity index (χ2v) is 13.5. The standard InChI is InChI=1S/C40H52O4/c1-27(17-13-19-29(3)21-23-33-31(5)37(43)35(41)25-39(33,7)8)15-11-12-16-28(2)18-14-20-30(4)22-24-34-32(6)38(44)36(42)26-40(34,9)10/h11-24,37-38,43-44H,25-26H2,1-10H3/b12-11+,17-13+,18-14+,23-21+,24-22+,27-15-,28-16-,29-19+,30-20+. The van der Waals surface area contributed by atoms with E-state index in [1.165, 1.54) is 0 Å². The van der Waals surface area contributed by atoms with Gasteiger partial charge in [0, 0.05) is 12.8 Å². The fraction of sp³-hybridized carbons (Fsp3) is 0.400. The van der Waals surface area contributed by atoms with E-state index in [0.29, 0.717) is 12.8 Å². The third kappa shape index (κ3) is 10.5. The molecule has 2 unspecified atom stereocenters. The topological polar surface area (TPSA) is 74.6 Å². The average molecular weight is 597 g/mol. The molecule has 2 aliphatic rings. The van der Waals surface area contributed by atoms with Crippen molar-refractivity contribution in [3.05, 3.63) is 130 Å². The Morgan fingerprint density at radius 2 is 0.864 bits per heavy atom. The van der Waals surface area contributed by atoms with E-state index in [0.717, 1.165) is 44.6 Å². The largest absolute Gasteiger partial charge is 0.381 e. The number of aliphatic hydroxyl groups is 2. The van der Waals surface area contributed by atoms with Gasteiger partial charge < -0.3 is 10.2 Å². The number of hydrogen-bond donors (Lipinski definition) is 2. The molecule has 4 heteroatoms. The van der Waals surface area contributed by atoms with E-state index in [2.05, 4.69) is 38.2 Å². The molecule has 0 fully saturated rings. The average Bonchev–Trinajstić information content (AvgIpc) is 2.92. The van der Waals surface area contributed by atoms with Crippen LogP contribution in [-0.4, -0.2) is 34.0 Å². The lowest BCUT2D eigenvalue weighted by Gasteiger charge is -2.34. The Balaban J connectivity index is 1.95. The maximum atomic E-state index is 12.0. The van der Waals surface area contributed by atoms with Gasteiger partial charge in [0.05, 0.1) is 0 Å². The van der Waals surface area contributed by atoms with Crippen LogP contribution in [0.1, 0.15) is 82.1 Å². The highest BCUT2D eigenvalue weighted by Crippen LogP contribution is 2.40. The molecule has 2 aliphatic carbocycles. The first-order chi connectivity index (χ1) is 20.5. The molecule has 0 heterocycles. The normalized spacial score (nSPS) is 24.5. The summed E-state index contributed by atoms with van der Waals surface area (Å²) in [5.74, 6) is -0.220. The van der Waals surface area contributed by atoms with Gasteiger partial charge >= 0.3 is 0 Å². The quantitative estimate of drug-likeness (QED) is 0.247. The van der Waals surface area contributed by atoms with Crippen LogP contribution in [0.25, 0.3) is 0 Å². The first-order valence-corrected chi connectivity index (χ1v) is 15.4. The van der Waals surface area contributed by atoms with E-state index in [1.54, 1.807) is 0 Å². The van der Waals surface area contributed by atoms with Crippen molar-refractivity contribution in [2.45, 2.75) is 94.3 Å². The Morgan fingerprint density at radius 1 is 0.568 bits per heavy atom. The fourth-order valence-electron chi connectivity index (χ4n) is 5.58. The zero-order valence-corrected chi connectivity index (χ0v) is 28.4. The van der Waals surface area contributed by atoms with Gasteiger partial charge in [0.15, 0.2) is 11.6 Å². The fourth-order valence-corrected chi connectivity index (χ4v) is 5.58. The Bertz CT molecular complexity index is 1340. The molecule has 44 heavy (non-hydrogen) atoms. The summed E-state index contributed by atoms with van der Waals surface area (Å²) in [5, 5.41) is 20.4. The minimum atomic E-state index is -0.995. The van der Waals surface area contributed by atoms with Gasteiger partial charge in [0.2, 0.25) is 0 Å². The summed E-state index contributed by atoms with van der Waals surface area (Å²) in [7, 11) is 0. The van der Waals surface area contributed by atoms with Crippen molar-refractivity contribution in [1.29, 1.82) is 0 Å². The Hall–Kier alpha value is -3.60. The molecule has 0 saturated carbocycles. The number of hydrogen-bond acceptors (Lipinski definition) is 4. The maximum Gasteiger partial charge on any atom is 0.166 e. The number of rotatable bonds is 10. The van der Waals surface area contributed by atoms with Gasteiger partial charge in [-0.1, -0.05) is 135 Å². The molecule has 0 radical (unpaired) electrons. The Labute approximate surface area is 265 Å². The Kier molecular flexibility index (Phi) is 13.2. The molecule has 0 spiro atoms. The van der Waals surface area contributed by atoms with Crippen molar-refractivity contribution in [3.63, 3.8) is 0 Å². The zero-order valence-electron chi connectivity index (χ0n) is 28.4. The highest BCUT2D eigenvalue weighted by atomic mass is 16.3. The number of aliphatic hydroxyl groups excluding tert-OH is 2. The third-order valence-electron chi connectivity index (χ3n) is 8.26. The summed E-state index contributed by atoms with van der Waals surface area (Å²) in [6.07, 6.45) is 27.2. The van der Waals surface area contributed by atoms with Crippen molar-refractivity contribution < 1.29 is 19.8 Å². The van der Waals surface area contributed by atoms with Crippen LogP contribution < -0.4 is 0 Å². The van der Waals surface area contributed by atoms with Crippen LogP contribution in [0.5, 0.6) is 0 Å². The van der Waals surface area contributed by atoms with Crippen molar-refractivity contribution in [1.82, 2.24) is 0 Å². The molecule has 0 saturated heterocycles. The molecular weight excluding hydrogens is 544 g/mol. The first-order valence-electron chi connectivity index (χ1n) is 15.4. The van der Waals surface area contributed by atoms with E-state index in [4.69, 9.17) is 0 Å². The van der Waals surface area contributed by atoms with Gasteiger partial charge in [-0.25, -0.2) is 0 Å². The molecule has 0 amide bonds. The molecule has 0 aromatic rings. The molecule has 0 aromatic carbocycles. The summed E-state index contributed by atoms with van der Waals surface area (Å²) in [6, 6.07) is 0. The molecule has 0 aromatic heterocycles. The lowest BCUT2D eigenvalue weighted by atomic mass is 9.71. The lowest BCUT2D eigenvalue weighted by molar-refractivity contribution is -0.128. The summed E-state index contributed by atoms with van der Waals surface area (Å²) >= 11 is 0. The van der Waals surface area contributed by atoms with Crippen LogP contribution in [0, 0.1) is 10.8 Å². The molecule has 236 valence electrons. The van der Waals surface area contributed by atoms with Crippen molar-refractivity contribution in [2.75, 3.05) is 0 Å². The van der Waals surface area contributed by atoms with Gasteiger partial charge in [0.1, 0.15) is 12.2 Å². The lowest BCUT2D eigenvalue weighted by Crippen LogP contribution is -2.35. The summed E-state index contributed by atoms with van der Waals surface area (Å²) in [6.45, 7) is 20.0. The number of carbonyl (C=O) groups is 2. The minimum absolute atomic E-state index is 0.110. The van der Waals surface area contributed by atoms with Gasteiger partial charge in [-0.2, -0.15) is 0 Å². The summed E-state index contributed by atoms with van der Waals surface area (Å²) in [4.78, 5) is 24.1. The van der Waals surface area contributed by atoms with Gasteiger partial charge in [-0.3, -0.25) is 9.59 Å². The smallest absolute Gasteiger partial charge is 0.166 e. The molecule has 2 atom stereocenters. The monoisotopic (exact) mass is 596 g/mol. The number of allylic oxidation sites excluding steroid dienone is 20. The van der Waals surface area contributed by atoms with E-state index >= 15 is 0 Å². The minimum Gasteiger partial charge on any atom is -0.381 e.